The van der Waals surface area contributed by atoms with Crippen molar-refractivity contribution < 1.29 is 10.0 Å². The SMILES string of the molecule is CC(C)CN(C(=O)C(C)C(N)=NO)C1CCCC1. The summed E-state index contributed by atoms with van der Waals surface area (Å²) in [5, 5.41) is 11.6. The fraction of sp³-hybridized carbons (Fsp3) is 0.846. The first kappa shape index (κ1) is 14.8. The van der Waals surface area contributed by atoms with Crippen LogP contribution in [0.3, 0.4) is 0 Å². The first-order valence-electron chi connectivity index (χ1n) is 6.75. The minimum absolute atomic E-state index is 0.00764. The molecule has 1 aliphatic carbocycles. The number of rotatable bonds is 5. The third kappa shape index (κ3) is 3.62. The number of hydrogen-bond acceptors (Lipinski definition) is 3. The van der Waals surface area contributed by atoms with Crippen LogP contribution in [0.25, 0.3) is 0 Å². The van der Waals surface area contributed by atoms with Gasteiger partial charge in [0.1, 0.15) is 0 Å². The van der Waals surface area contributed by atoms with E-state index in [0.717, 1.165) is 19.4 Å². The van der Waals surface area contributed by atoms with E-state index in [4.69, 9.17) is 10.9 Å². The van der Waals surface area contributed by atoms with E-state index in [9.17, 15) is 4.79 Å². The van der Waals surface area contributed by atoms with Crippen molar-refractivity contribution in [2.75, 3.05) is 6.54 Å². The molecule has 0 aromatic rings. The molecule has 1 fully saturated rings. The number of hydrogen-bond donors (Lipinski definition) is 2. The Morgan fingerprint density at radius 2 is 1.94 bits per heavy atom. The summed E-state index contributed by atoms with van der Waals surface area (Å²) in [4.78, 5) is 14.4. The molecular formula is C13H25N3O2. The molecule has 1 unspecified atom stereocenters. The van der Waals surface area contributed by atoms with Crippen molar-refractivity contribution in [1.82, 2.24) is 4.90 Å². The fourth-order valence-corrected chi connectivity index (χ4v) is 2.49. The van der Waals surface area contributed by atoms with Crippen molar-refractivity contribution in [3.8, 4) is 0 Å². The first-order chi connectivity index (χ1) is 8.47. The summed E-state index contributed by atoms with van der Waals surface area (Å²) in [5.74, 6) is -0.152. The fourth-order valence-electron chi connectivity index (χ4n) is 2.49. The average Bonchev–Trinajstić information content (AvgIpc) is 2.86. The van der Waals surface area contributed by atoms with Crippen molar-refractivity contribution >= 4 is 11.7 Å². The molecule has 3 N–H and O–H groups in total. The Kier molecular flexibility index (Phi) is 5.44. The molecule has 5 heteroatoms. The van der Waals surface area contributed by atoms with Gasteiger partial charge in [0.2, 0.25) is 5.91 Å². The number of nitrogens with zero attached hydrogens (tertiary/aromatic N) is 2. The predicted octanol–water partition coefficient (Wildman–Crippen LogP) is 1.80. The van der Waals surface area contributed by atoms with Crippen LogP contribution in [0.2, 0.25) is 0 Å². The van der Waals surface area contributed by atoms with Gasteiger partial charge in [0, 0.05) is 12.6 Å². The van der Waals surface area contributed by atoms with Gasteiger partial charge in [-0.05, 0) is 25.7 Å². The van der Waals surface area contributed by atoms with E-state index < -0.39 is 5.92 Å². The second kappa shape index (κ2) is 6.61. The normalized spacial score (nSPS) is 19.2. The summed E-state index contributed by atoms with van der Waals surface area (Å²) in [6.07, 6.45) is 4.51. The molecule has 0 radical (unpaired) electrons. The molecule has 1 rings (SSSR count). The summed E-state index contributed by atoms with van der Waals surface area (Å²) < 4.78 is 0. The third-order valence-electron chi connectivity index (χ3n) is 3.54. The number of oxime groups is 1. The number of amidine groups is 1. The van der Waals surface area contributed by atoms with Gasteiger partial charge in [0.25, 0.3) is 0 Å². The molecule has 1 aliphatic rings. The molecule has 1 saturated carbocycles. The van der Waals surface area contributed by atoms with E-state index in [0.29, 0.717) is 12.0 Å². The largest absolute Gasteiger partial charge is 0.409 e. The van der Waals surface area contributed by atoms with Crippen LogP contribution in [0.1, 0.15) is 46.5 Å². The van der Waals surface area contributed by atoms with Crippen LogP contribution in [-0.4, -0.2) is 34.4 Å². The molecule has 0 saturated heterocycles. The highest BCUT2D eigenvalue weighted by Gasteiger charge is 2.31. The quantitative estimate of drug-likeness (QED) is 0.340. The van der Waals surface area contributed by atoms with Gasteiger partial charge in [0.05, 0.1) is 5.92 Å². The number of amides is 1. The van der Waals surface area contributed by atoms with Gasteiger partial charge in [-0.25, -0.2) is 0 Å². The molecule has 0 heterocycles. The lowest BCUT2D eigenvalue weighted by Gasteiger charge is -2.32. The zero-order chi connectivity index (χ0) is 13.7. The van der Waals surface area contributed by atoms with E-state index in [2.05, 4.69) is 19.0 Å². The number of carbonyl (C=O) groups is 1. The van der Waals surface area contributed by atoms with Crippen molar-refractivity contribution in [3.05, 3.63) is 0 Å². The smallest absolute Gasteiger partial charge is 0.233 e. The van der Waals surface area contributed by atoms with E-state index >= 15 is 0 Å². The predicted molar refractivity (Wildman–Crippen MR) is 71.4 cm³/mol. The second-order valence-corrected chi connectivity index (χ2v) is 5.57. The Hall–Kier alpha value is -1.26. The van der Waals surface area contributed by atoms with Gasteiger partial charge >= 0.3 is 0 Å². The third-order valence-corrected chi connectivity index (χ3v) is 3.54. The highest BCUT2D eigenvalue weighted by Crippen LogP contribution is 2.25. The highest BCUT2D eigenvalue weighted by molar-refractivity contribution is 6.01. The molecule has 0 aromatic carbocycles. The molecule has 104 valence electrons. The van der Waals surface area contributed by atoms with Crippen molar-refractivity contribution in [1.29, 1.82) is 0 Å². The van der Waals surface area contributed by atoms with Crippen LogP contribution in [0.5, 0.6) is 0 Å². The van der Waals surface area contributed by atoms with Crippen LogP contribution in [0, 0.1) is 11.8 Å². The van der Waals surface area contributed by atoms with Crippen LogP contribution in [0.15, 0.2) is 5.16 Å². The molecule has 0 bridgehead atoms. The van der Waals surface area contributed by atoms with Crippen LogP contribution >= 0.6 is 0 Å². The van der Waals surface area contributed by atoms with Gasteiger partial charge < -0.3 is 15.8 Å². The lowest BCUT2D eigenvalue weighted by molar-refractivity contribution is -0.135. The summed E-state index contributed by atoms with van der Waals surface area (Å²) in [6, 6.07) is 0.328. The van der Waals surface area contributed by atoms with Gasteiger partial charge in [0.15, 0.2) is 5.84 Å². The molecule has 0 aliphatic heterocycles. The van der Waals surface area contributed by atoms with Gasteiger partial charge in [-0.1, -0.05) is 31.8 Å². The molecule has 0 spiro atoms. The number of nitrogens with two attached hydrogens (primary N) is 1. The van der Waals surface area contributed by atoms with Crippen LogP contribution in [-0.2, 0) is 4.79 Å². The molecular weight excluding hydrogens is 230 g/mol. The summed E-state index contributed by atoms with van der Waals surface area (Å²) in [7, 11) is 0. The van der Waals surface area contributed by atoms with Crippen LogP contribution < -0.4 is 5.73 Å². The standard InChI is InChI=1S/C13H25N3O2/c1-9(2)8-16(11-6-4-5-7-11)13(17)10(3)12(14)15-18/h9-11,18H,4-8H2,1-3H3,(H2,14,15). The Morgan fingerprint density at radius 3 is 2.39 bits per heavy atom. The summed E-state index contributed by atoms with van der Waals surface area (Å²) in [5.41, 5.74) is 5.54. The highest BCUT2D eigenvalue weighted by atomic mass is 16.4. The monoisotopic (exact) mass is 255 g/mol. The maximum atomic E-state index is 12.4. The molecule has 5 nitrogen and oxygen atoms in total. The molecule has 1 atom stereocenters. The van der Waals surface area contributed by atoms with Gasteiger partial charge in [-0.15, -0.1) is 0 Å². The molecule has 18 heavy (non-hydrogen) atoms. The molecule has 1 amide bonds. The second-order valence-electron chi connectivity index (χ2n) is 5.57. The Bertz CT molecular complexity index is 309. The maximum absolute atomic E-state index is 12.4. The zero-order valence-corrected chi connectivity index (χ0v) is 11.6. The van der Waals surface area contributed by atoms with Gasteiger partial charge in [-0.3, -0.25) is 4.79 Å². The van der Waals surface area contributed by atoms with Crippen molar-refractivity contribution in [2.45, 2.75) is 52.5 Å². The molecule has 0 aromatic heterocycles. The summed E-state index contributed by atoms with van der Waals surface area (Å²) >= 11 is 0. The minimum atomic E-state index is -0.547. The van der Waals surface area contributed by atoms with Crippen molar-refractivity contribution in [2.24, 2.45) is 22.7 Å². The first-order valence-corrected chi connectivity index (χ1v) is 6.75. The number of carbonyl (C=O) groups excluding carboxylic acids is 1. The Morgan fingerprint density at radius 1 is 1.39 bits per heavy atom. The van der Waals surface area contributed by atoms with Gasteiger partial charge in [-0.2, -0.15) is 0 Å². The minimum Gasteiger partial charge on any atom is -0.409 e. The van der Waals surface area contributed by atoms with E-state index in [-0.39, 0.29) is 11.7 Å². The Balaban J connectivity index is 2.78. The summed E-state index contributed by atoms with van der Waals surface area (Å²) in [6.45, 7) is 6.64. The zero-order valence-electron chi connectivity index (χ0n) is 11.6. The average molecular weight is 255 g/mol. The van der Waals surface area contributed by atoms with E-state index in [1.165, 1.54) is 12.8 Å². The van der Waals surface area contributed by atoms with Crippen LogP contribution in [0.4, 0.5) is 0 Å². The lowest BCUT2D eigenvalue weighted by atomic mass is 10.0. The van der Waals surface area contributed by atoms with E-state index in [1.807, 2.05) is 4.90 Å². The maximum Gasteiger partial charge on any atom is 0.233 e. The van der Waals surface area contributed by atoms with E-state index in [1.54, 1.807) is 6.92 Å². The Labute approximate surface area is 109 Å². The lowest BCUT2D eigenvalue weighted by Crippen LogP contribution is -2.46. The van der Waals surface area contributed by atoms with Crippen molar-refractivity contribution in [3.63, 3.8) is 0 Å². The topological polar surface area (TPSA) is 78.9 Å².